The van der Waals surface area contributed by atoms with E-state index in [0.717, 1.165) is 22.4 Å². The highest BCUT2D eigenvalue weighted by molar-refractivity contribution is 5.82. The highest BCUT2D eigenvalue weighted by Crippen LogP contribution is 2.50. The number of rotatable bonds is 6. The van der Waals surface area contributed by atoms with Crippen LogP contribution in [0.4, 0.5) is 0 Å². The Bertz CT molecular complexity index is 908. The van der Waals surface area contributed by atoms with E-state index in [2.05, 4.69) is 0 Å². The fraction of sp³-hybridized carbons (Fsp3) is 0.435. The summed E-state index contributed by atoms with van der Waals surface area (Å²) >= 11 is 0. The molecule has 2 bridgehead atoms. The molecule has 2 N–H and O–H groups in total. The van der Waals surface area contributed by atoms with Crippen LogP contribution in [0.25, 0.3) is 0 Å². The van der Waals surface area contributed by atoms with Crippen molar-refractivity contribution in [2.75, 3.05) is 13.2 Å². The van der Waals surface area contributed by atoms with Crippen LogP contribution in [-0.4, -0.2) is 41.1 Å². The van der Waals surface area contributed by atoms with Crippen molar-refractivity contribution in [1.82, 2.24) is 0 Å². The summed E-state index contributed by atoms with van der Waals surface area (Å²) in [6, 6.07) is 13.7. The van der Waals surface area contributed by atoms with E-state index in [1.54, 1.807) is 0 Å². The van der Waals surface area contributed by atoms with Crippen LogP contribution in [0.5, 0.6) is 5.75 Å². The molecule has 0 aliphatic carbocycles. The molecule has 0 amide bonds. The van der Waals surface area contributed by atoms with Gasteiger partial charge in [-0.25, -0.2) is 4.79 Å². The van der Waals surface area contributed by atoms with Crippen molar-refractivity contribution in [3.8, 4) is 5.75 Å². The smallest absolute Gasteiger partial charge is 0.343 e. The molecule has 2 fully saturated rings. The first-order valence-corrected chi connectivity index (χ1v) is 9.94. The third-order valence-electron chi connectivity index (χ3n) is 5.73. The summed E-state index contributed by atoms with van der Waals surface area (Å²) in [7, 11) is 0. The van der Waals surface area contributed by atoms with Crippen molar-refractivity contribution >= 4 is 5.97 Å². The minimum atomic E-state index is -1.49. The molecule has 0 radical (unpaired) electrons. The molecular formula is C23H26O6. The van der Waals surface area contributed by atoms with Crippen molar-refractivity contribution in [3.63, 3.8) is 0 Å². The van der Waals surface area contributed by atoms with E-state index in [9.17, 15) is 15.0 Å². The molecule has 0 aromatic heterocycles. The molecular weight excluding hydrogens is 372 g/mol. The van der Waals surface area contributed by atoms with Gasteiger partial charge in [-0.2, -0.15) is 0 Å². The van der Waals surface area contributed by atoms with Crippen molar-refractivity contribution in [3.05, 3.63) is 64.7 Å². The maximum absolute atomic E-state index is 12.4. The molecule has 29 heavy (non-hydrogen) atoms. The van der Waals surface area contributed by atoms with Gasteiger partial charge in [-0.3, -0.25) is 0 Å². The minimum Gasteiger partial charge on any atom is -0.494 e. The Balaban J connectivity index is 1.64. The lowest BCUT2D eigenvalue weighted by atomic mass is 9.87. The van der Waals surface area contributed by atoms with Gasteiger partial charge in [0.05, 0.1) is 19.3 Å². The molecule has 3 atom stereocenters. The van der Waals surface area contributed by atoms with Crippen LogP contribution >= 0.6 is 0 Å². The van der Waals surface area contributed by atoms with Gasteiger partial charge in [-0.05, 0) is 55.2 Å². The standard InChI is InChI=1S/C23H26O6/c1-3-27-20-8-5-16(6-9-20)10-17-11-18(7-4-15(17)2)23-13-19(25)12-22(14-24,29-23)21(26)28-23/h4-9,11,19,24-25H,3,10,12-14H2,1-2H3/t19-,22-,23+/m0/s1. The number of esters is 1. The predicted molar refractivity (Wildman–Crippen MR) is 106 cm³/mol. The Morgan fingerprint density at radius 1 is 1.17 bits per heavy atom. The number of carbonyl (C=O) groups excluding carboxylic acids is 1. The molecule has 0 saturated carbocycles. The average Bonchev–Trinajstić information content (AvgIpc) is 2.92. The topological polar surface area (TPSA) is 85.2 Å². The normalized spacial score (nSPS) is 28.3. The lowest BCUT2D eigenvalue weighted by Crippen LogP contribution is -2.49. The molecule has 0 spiro atoms. The molecule has 2 aliphatic heterocycles. The third kappa shape index (κ3) is 3.52. The SMILES string of the molecule is CCOc1ccc(Cc2cc([C@@]34C[C@@H](O)C[C@@](CO)(O3)C(=O)O4)ccc2C)cc1. The summed E-state index contributed by atoms with van der Waals surface area (Å²) in [4.78, 5) is 12.4. The number of hydrogen-bond acceptors (Lipinski definition) is 6. The maximum atomic E-state index is 12.4. The molecule has 4 rings (SSSR count). The Hall–Kier alpha value is -2.41. The van der Waals surface area contributed by atoms with Crippen LogP contribution in [0.2, 0.25) is 0 Å². The van der Waals surface area contributed by atoms with Gasteiger partial charge in [0.25, 0.3) is 0 Å². The van der Waals surface area contributed by atoms with Crippen LogP contribution in [-0.2, 0) is 26.5 Å². The molecule has 2 saturated heterocycles. The van der Waals surface area contributed by atoms with Crippen LogP contribution in [0.3, 0.4) is 0 Å². The number of aliphatic hydroxyl groups is 2. The number of ether oxygens (including phenoxy) is 3. The van der Waals surface area contributed by atoms with E-state index in [-0.39, 0.29) is 12.8 Å². The molecule has 6 nitrogen and oxygen atoms in total. The number of benzene rings is 2. The van der Waals surface area contributed by atoms with E-state index in [1.807, 2.05) is 56.3 Å². The zero-order valence-electron chi connectivity index (χ0n) is 16.7. The maximum Gasteiger partial charge on any atom is 0.343 e. The highest BCUT2D eigenvalue weighted by atomic mass is 16.8. The first kappa shape index (κ1) is 19.9. The minimum absolute atomic E-state index is 0.0367. The van der Waals surface area contributed by atoms with Gasteiger partial charge in [-0.1, -0.05) is 24.3 Å². The zero-order valence-corrected chi connectivity index (χ0v) is 16.7. The van der Waals surface area contributed by atoms with E-state index in [0.29, 0.717) is 18.6 Å². The lowest BCUT2D eigenvalue weighted by Gasteiger charge is -2.37. The second kappa shape index (κ2) is 7.44. The molecule has 0 unspecified atom stereocenters. The summed E-state index contributed by atoms with van der Waals surface area (Å²) in [6.07, 6.45) is 0.0865. The summed E-state index contributed by atoms with van der Waals surface area (Å²) in [6.45, 7) is 4.09. The van der Waals surface area contributed by atoms with Gasteiger partial charge < -0.3 is 24.4 Å². The first-order valence-electron chi connectivity index (χ1n) is 9.94. The molecule has 2 aliphatic rings. The number of fused-ring (bicyclic) bond motifs is 2. The monoisotopic (exact) mass is 398 g/mol. The fourth-order valence-electron chi connectivity index (χ4n) is 4.18. The van der Waals surface area contributed by atoms with Gasteiger partial charge in [0.15, 0.2) is 5.60 Å². The average molecular weight is 398 g/mol. The van der Waals surface area contributed by atoms with Gasteiger partial charge in [0, 0.05) is 18.4 Å². The van der Waals surface area contributed by atoms with E-state index >= 15 is 0 Å². The number of carbonyl (C=O) groups is 1. The third-order valence-corrected chi connectivity index (χ3v) is 5.73. The van der Waals surface area contributed by atoms with E-state index in [1.165, 1.54) is 0 Å². The number of aliphatic hydroxyl groups excluding tert-OH is 2. The zero-order chi connectivity index (χ0) is 20.6. The van der Waals surface area contributed by atoms with Crippen molar-refractivity contribution < 1.29 is 29.2 Å². The predicted octanol–water partition coefficient (Wildman–Crippen LogP) is 2.60. The molecule has 2 heterocycles. The Morgan fingerprint density at radius 2 is 1.93 bits per heavy atom. The van der Waals surface area contributed by atoms with Crippen LogP contribution in [0.15, 0.2) is 42.5 Å². The number of hydrogen-bond donors (Lipinski definition) is 2. The van der Waals surface area contributed by atoms with Crippen molar-refractivity contribution in [2.45, 2.75) is 50.6 Å². The van der Waals surface area contributed by atoms with Crippen LogP contribution in [0.1, 0.15) is 42.0 Å². The Labute approximate surface area is 170 Å². The first-order chi connectivity index (χ1) is 13.9. The molecule has 2 aromatic carbocycles. The van der Waals surface area contributed by atoms with Crippen molar-refractivity contribution in [2.24, 2.45) is 0 Å². The summed E-state index contributed by atoms with van der Waals surface area (Å²) < 4.78 is 17.1. The summed E-state index contributed by atoms with van der Waals surface area (Å²) in [5, 5.41) is 20.0. The van der Waals surface area contributed by atoms with Gasteiger partial charge in [-0.15, -0.1) is 0 Å². The second-order valence-corrected chi connectivity index (χ2v) is 7.85. The van der Waals surface area contributed by atoms with Gasteiger partial charge in [0.2, 0.25) is 5.79 Å². The molecule has 154 valence electrons. The highest BCUT2D eigenvalue weighted by Gasteiger charge is 2.63. The second-order valence-electron chi connectivity index (χ2n) is 7.85. The fourth-order valence-corrected chi connectivity index (χ4v) is 4.18. The molecule has 2 aromatic rings. The van der Waals surface area contributed by atoms with Gasteiger partial charge in [0.1, 0.15) is 5.75 Å². The summed E-state index contributed by atoms with van der Waals surface area (Å²) in [5.74, 6) is -1.15. The molecule has 6 heteroatoms. The summed E-state index contributed by atoms with van der Waals surface area (Å²) in [5.41, 5.74) is 2.49. The lowest BCUT2D eigenvalue weighted by molar-refractivity contribution is -0.248. The van der Waals surface area contributed by atoms with E-state index in [4.69, 9.17) is 14.2 Å². The van der Waals surface area contributed by atoms with Crippen molar-refractivity contribution in [1.29, 1.82) is 0 Å². The number of aryl methyl sites for hydroxylation is 1. The largest absolute Gasteiger partial charge is 0.494 e. The quantitative estimate of drug-likeness (QED) is 0.728. The Kier molecular flexibility index (Phi) is 5.11. The van der Waals surface area contributed by atoms with Gasteiger partial charge >= 0.3 is 5.97 Å². The van der Waals surface area contributed by atoms with Crippen LogP contribution in [0, 0.1) is 6.92 Å². The van der Waals surface area contributed by atoms with Crippen LogP contribution < -0.4 is 4.74 Å². The van der Waals surface area contributed by atoms with E-state index < -0.39 is 30.1 Å². The Morgan fingerprint density at radius 3 is 2.62 bits per heavy atom.